The van der Waals surface area contributed by atoms with Crippen molar-refractivity contribution >= 4 is 47.6 Å². The van der Waals surface area contributed by atoms with Crippen LogP contribution in [0.2, 0.25) is 0 Å². The minimum atomic E-state index is -4.37. The minimum absolute atomic E-state index is 0.0430. The van der Waals surface area contributed by atoms with Crippen molar-refractivity contribution in [3.8, 4) is 11.5 Å². The van der Waals surface area contributed by atoms with Gasteiger partial charge in [-0.05, 0) is 83.9 Å². The second kappa shape index (κ2) is 14.2. The molecule has 0 aliphatic rings. The van der Waals surface area contributed by atoms with E-state index in [1.807, 2.05) is 60.7 Å². The number of hydrogen-bond acceptors (Lipinski definition) is 7. The molecule has 0 aliphatic heterocycles. The number of carbonyl (C=O) groups is 1. The average molecular weight is 753 g/mol. The summed E-state index contributed by atoms with van der Waals surface area (Å²) in [5.41, 5.74) is 1.83. The van der Waals surface area contributed by atoms with E-state index >= 15 is 0 Å². The summed E-state index contributed by atoms with van der Waals surface area (Å²) in [6.45, 7) is 0.547. The van der Waals surface area contributed by atoms with Gasteiger partial charge in [0.05, 0.1) is 20.8 Å². The number of nitrogens with zero attached hydrogens (tertiary/aromatic N) is 2. The Hall–Kier alpha value is -6.43. The number of benzene rings is 6. The van der Waals surface area contributed by atoms with Crippen molar-refractivity contribution < 1.29 is 31.1 Å². The lowest BCUT2D eigenvalue weighted by molar-refractivity contribution is 0.102. The zero-order chi connectivity index (χ0) is 37.3. The van der Waals surface area contributed by atoms with Gasteiger partial charge in [0.15, 0.2) is 0 Å². The summed E-state index contributed by atoms with van der Waals surface area (Å²) in [4.78, 5) is 14.9. The van der Waals surface area contributed by atoms with Gasteiger partial charge in [-0.15, -0.1) is 0 Å². The number of hydrogen-bond donors (Lipinski definition) is 0. The first-order chi connectivity index (χ1) is 26.2. The number of ether oxygens (including phenoxy) is 2. The molecule has 0 saturated heterocycles. The van der Waals surface area contributed by atoms with E-state index in [1.165, 1.54) is 36.4 Å². The van der Waals surface area contributed by atoms with Crippen molar-refractivity contribution in [3.63, 3.8) is 0 Å². The van der Waals surface area contributed by atoms with Crippen molar-refractivity contribution in [2.24, 2.45) is 0 Å². The fourth-order valence-corrected chi connectivity index (χ4v) is 9.42. The first-order valence-electron chi connectivity index (χ1n) is 17.0. The molecule has 8 aromatic rings. The van der Waals surface area contributed by atoms with Crippen molar-refractivity contribution in [2.45, 2.75) is 23.0 Å². The van der Waals surface area contributed by atoms with E-state index in [9.17, 15) is 21.6 Å². The standard InChI is InChI=1S/C43H32N2O7S2/c46-43(41-27-33-25-35(51-29-31-13-5-1-6-14-31)21-23-39(33)44(41)53(47,48)37-17-9-3-10-18-37)42-28-34-26-36(52-30-32-15-7-2-8-16-32)22-24-40(34)45(42)54(49,50)38-19-11-4-12-20-38/h1-28H,29-30H2. The summed E-state index contributed by atoms with van der Waals surface area (Å²) in [6, 6.07) is 47.4. The Morgan fingerprint density at radius 3 is 1.17 bits per heavy atom. The number of aromatic nitrogens is 2. The molecular formula is C43H32N2O7S2. The molecule has 0 radical (unpaired) electrons. The highest BCUT2D eigenvalue weighted by Gasteiger charge is 2.32. The Balaban J connectivity index is 1.29. The molecular weight excluding hydrogens is 721 g/mol. The van der Waals surface area contributed by atoms with Crippen molar-refractivity contribution in [1.82, 2.24) is 7.94 Å². The molecule has 8 rings (SSSR count). The van der Waals surface area contributed by atoms with Gasteiger partial charge in [0.2, 0.25) is 5.78 Å². The van der Waals surface area contributed by atoms with Crippen LogP contribution >= 0.6 is 0 Å². The van der Waals surface area contributed by atoms with Gasteiger partial charge in [0, 0.05) is 10.8 Å². The Labute approximate surface area is 312 Å². The van der Waals surface area contributed by atoms with Gasteiger partial charge < -0.3 is 9.47 Å². The van der Waals surface area contributed by atoms with Gasteiger partial charge in [-0.3, -0.25) is 4.79 Å². The van der Waals surface area contributed by atoms with Crippen LogP contribution in [0.1, 0.15) is 27.3 Å². The van der Waals surface area contributed by atoms with Crippen molar-refractivity contribution in [1.29, 1.82) is 0 Å². The normalized spacial score (nSPS) is 11.9. The lowest BCUT2D eigenvalue weighted by Crippen LogP contribution is -2.23. The van der Waals surface area contributed by atoms with E-state index in [2.05, 4.69) is 0 Å². The largest absolute Gasteiger partial charge is 0.489 e. The molecule has 268 valence electrons. The summed E-state index contributed by atoms with van der Waals surface area (Å²) in [7, 11) is -8.74. The topological polar surface area (TPSA) is 114 Å². The monoisotopic (exact) mass is 752 g/mol. The molecule has 6 aromatic carbocycles. The molecule has 0 N–H and O–H groups in total. The zero-order valence-electron chi connectivity index (χ0n) is 28.6. The van der Waals surface area contributed by atoms with Crippen LogP contribution in [-0.2, 0) is 33.3 Å². The van der Waals surface area contributed by atoms with Crippen LogP contribution in [-0.4, -0.2) is 30.6 Å². The van der Waals surface area contributed by atoms with Crippen LogP contribution in [0.25, 0.3) is 21.8 Å². The Kier molecular flexibility index (Phi) is 9.10. The second-order valence-corrected chi connectivity index (χ2v) is 16.1. The van der Waals surface area contributed by atoms with E-state index in [4.69, 9.17) is 9.47 Å². The summed E-state index contributed by atoms with van der Waals surface area (Å²) >= 11 is 0. The van der Waals surface area contributed by atoms with Crippen LogP contribution in [0.5, 0.6) is 11.5 Å². The number of ketones is 1. The zero-order valence-corrected chi connectivity index (χ0v) is 30.3. The molecule has 2 heterocycles. The van der Waals surface area contributed by atoms with Crippen molar-refractivity contribution in [2.75, 3.05) is 0 Å². The van der Waals surface area contributed by atoms with Crippen LogP contribution in [0.15, 0.2) is 180 Å². The highest BCUT2D eigenvalue weighted by atomic mass is 32.2. The van der Waals surface area contributed by atoms with Gasteiger partial charge in [-0.2, -0.15) is 0 Å². The third kappa shape index (κ3) is 6.55. The maximum absolute atomic E-state index is 14.9. The summed E-state index contributed by atoms with van der Waals surface area (Å²) in [5, 5.41) is 0.821. The smallest absolute Gasteiger partial charge is 0.268 e. The van der Waals surface area contributed by atoms with E-state index in [1.54, 1.807) is 72.8 Å². The first-order valence-corrected chi connectivity index (χ1v) is 19.9. The Morgan fingerprint density at radius 1 is 0.444 bits per heavy atom. The quantitative estimate of drug-likeness (QED) is 0.115. The first kappa shape index (κ1) is 34.6. The Bertz CT molecular complexity index is 2660. The van der Waals surface area contributed by atoms with Crippen LogP contribution in [0.3, 0.4) is 0 Å². The fourth-order valence-electron chi connectivity index (χ4n) is 6.36. The van der Waals surface area contributed by atoms with Crippen LogP contribution < -0.4 is 9.47 Å². The van der Waals surface area contributed by atoms with Crippen LogP contribution in [0, 0.1) is 0 Å². The molecule has 0 unspecified atom stereocenters. The van der Waals surface area contributed by atoms with Gasteiger partial charge in [-0.1, -0.05) is 97.1 Å². The molecule has 0 atom stereocenters. The molecule has 2 aromatic heterocycles. The SMILES string of the molecule is O=C(c1cc2cc(OCc3ccccc3)ccc2n1S(=O)(=O)c1ccccc1)c1cc2cc(OCc3ccccc3)ccc2n1S(=O)(=O)c1ccccc1. The maximum Gasteiger partial charge on any atom is 0.268 e. The summed E-state index contributed by atoms with van der Waals surface area (Å²) < 4.78 is 71.7. The van der Waals surface area contributed by atoms with Gasteiger partial charge in [-0.25, -0.2) is 24.8 Å². The number of fused-ring (bicyclic) bond motifs is 2. The average Bonchev–Trinajstić information content (AvgIpc) is 3.80. The predicted octanol–water partition coefficient (Wildman–Crippen LogP) is 8.46. The van der Waals surface area contributed by atoms with Gasteiger partial charge >= 0.3 is 0 Å². The molecule has 0 fully saturated rings. The molecule has 0 bridgehead atoms. The van der Waals surface area contributed by atoms with E-state index in [-0.39, 0.29) is 45.4 Å². The molecule has 54 heavy (non-hydrogen) atoms. The molecule has 0 aliphatic carbocycles. The minimum Gasteiger partial charge on any atom is -0.489 e. The number of carbonyl (C=O) groups excluding carboxylic acids is 1. The highest BCUT2D eigenvalue weighted by Crippen LogP contribution is 2.34. The van der Waals surface area contributed by atoms with E-state index < -0.39 is 25.8 Å². The predicted molar refractivity (Wildman–Crippen MR) is 207 cm³/mol. The third-order valence-electron chi connectivity index (χ3n) is 8.98. The molecule has 0 spiro atoms. The van der Waals surface area contributed by atoms with Gasteiger partial charge in [0.1, 0.15) is 36.1 Å². The Morgan fingerprint density at radius 2 is 0.796 bits per heavy atom. The summed E-state index contributed by atoms with van der Waals surface area (Å²) in [6.07, 6.45) is 0. The lowest BCUT2D eigenvalue weighted by atomic mass is 10.2. The lowest BCUT2D eigenvalue weighted by Gasteiger charge is -2.14. The van der Waals surface area contributed by atoms with Crippen LogP contribution in [0.4, 0.5) is 0 Å². The van der Waals surface area contributed by atoms with Gasteiger partial charge in [0.25, 0.3) is 20.0 Å². The third-order valence-corrected chi connectivity index (χ3v) is 12.5. The summed E-state index contributed by atoms with van der Waals surface area (Å²) in [5.74, 6) is 0.103. The fraction of sp³-hybridized carbons (Fsp3) is 0.0465. The molecule has 0 saturated carbocycles. The number of rotatable bonds is 12. The molecule has 11 heteroatoms. The van der Waals surface area contributed by atoms with Crippen molar-refractivity contribution in [3.05, 3.63) is 192 Å². The maximum atomic E-state index is 14.9. The molecule has 9 nitrogen and oxygen atoms in total. The second-order valence-electron chi connectivity index (χ2n) is 12.5. The van der Waals surface area contributed by atoms with E-state index in [0.717, 1.165) is 19.1 Å². The molecule has 0 amide bonds. The van der Waals surface area contributed by atoms with E-state index in [0.29, 0.717) is 22.3 Å². The highest BCUT2D eigenvalue weighted by molar-refractivity contribution is 7.90.